The van der Waals surface area contributed by atoms with E-state index in [9.17, 15) is 10.2 Å². The monoisotopic (exact) mass is 274 g/mol. The lowest BCUT2D eigenvalue weighted by atomic mass is 9.89. The molecule has 0 amide bonds. The predicted molar refractivity (Wildman–Crippen MR) is 69.7 cm³/mol. The van der Waals surface area contributed by atoms with Gasteiger partial charge in [-0.25, -0.2) is 0 Å². The molecule has 0 saturated carbocycles. The second kappa shape index (κ2) is 5.66. The minimum absolute atomic E-state index is 0.0852. The molecule has 0 aromatic carbocycles. The van der Waals surface area contributed by atoms with Crippen LogP contribution < -0.4 is 0 Å². The van der Waals surface area contributed by atoms with Crippen molar-refractivity contribution in [2.45, 2.75) is 89.4 Å². The highest BCUT2D eigenvalue weighted by atomic mass is 16.7. The van der Waals surface area contributed by atoms with Gasteiger partial charge in [-0.3, -0.25) is 0 Å². The molecule has 19 heavy (non-hydrogen) atoms. The Morgan fingerprint density at radius 1 is 1.11 bits per heavy atom. The summed E-state index contributed by atoms with van der Waals surface area (Å²) in [6.07, 6.45) is 0.647. The zero-order chi connectivity index (χ0) is 14.2. The zero-order valence-electron chi connectivity index (χ0n) is 12.2. The Kier molecular flexibility index (Phi) is 4.52. The summed E-state index contributed by atoms with van der Waals surface area (Å²) in [4.78, 5) is 0. The molecule has 5 nitrogen and oxygen atoms in total. The van der Waals surface area contributed by atoms with Gasteiger partial charge in [-0.1, -0.05) is 0 Å². The van der Waals surface area contributed by atoms with Crippen LogP contribution >= 0.6 is 0 Å². The highest BCUT2D eigenvalue weighted by Crippen LogP contribution is 2.32. The highest BCUT2D eigenvalue weighted by molar-refractivity contribution is 4.91. The van der Waals surface area contributed by atoms with Crippen molar-refractivity contribution >= 4 is 0 Å². The molecule has 0 radical (unpaired) electrons. The van der Waals surface area contributed by atoms with Crippen molar-refractivity contribution in [3.05, 3.63) is 0 Å². The molecule has 5 heteroatoms. The second-order valence-electron chi connectivity index (χ2n) is 6.26. The first-order valence-electron chi connectivity index (χ1n) is 7.14. The van der Waals surface area contributed by atoms with E-state index in [1.165, 1.54) is 0 Å². The normalized spacial score (nSPS) is 52.1. The lowest BCUT2D eigenvalue weighted by Crippen LogP contribution is -2.56. The van der Waals surface area contributed by atoms with Crippen LogP contribution in [0.15, 0.2) is 0 Å². The van der Waals surface area contributed by atoms with Gasteiger partial charge in [0.1, 0.15) is 6.10 Å². The van der Waals surface area contributed by atoms with E-state index >= 15 is 0 Å². The van der Waals surface area contributed by atoms with E-state index in [2.05, 4.69) is 0 Å². The quantitative estimate of drug-likeness (QED) is 0.792. The van der Waals surface area contributed by atoms with Crippen LogP contribution in [-0.2, 0) is 14.2 Å². The number of hydrogen-bond donors (Lipinski definition) is 2. The number of hydrogen-bond acceptors (Lipinski definition) is 5. The second-order valence-corrected chi connectivity index (χ2v) is 6.26. The zero-order valence-corrected chi connectivity index (χ0v) is 12.2. The lowest BCUT2D eigenvalue weighted by Gasteiger charge is -2.43. The van der Waals surface area contributed by atoms with Gasteiger partial charge >= 0.3 is 0 Å². The van der Waals surface area contributed by atoms with E-state index in [1.807, 2.05) is 13.8 Å². The molecule has 0 spiro atoms. The van der Waals surface area contributed by atoms with Gasteiger partial charge in [-0.05, 0) is 40.5 Å². The molecule has 2 aliphatic rings. The first-order chi connectivity index (χ1) is 8.78. The minimum Gasteiger partial charge on any atom is -0.387 e. The summed E-state index contributed by atoms with van der Waals surface area (Å²) in [7, 11) is 0. The fourth-order valence-corrected chi connectivity index (χ4v) is 3.08. The number of aliphatic hydroxyl groups is 2. The Balaban J connectivity index is 1.92. The standard InChI is InChI=1S/C14H26O5/c1-8-5-11(6-9(2)17-8)19-12-7-14(4,16)13(15)10(3)18-12/h8-13,15-16H,5-7H2,1-4H3/t8-,9?,10?,11?,12-,13+,14?/m0/s1. The average Bonchev–Trinajstić information content (AvgIpc) is 2.23. The van der Waals surface area contributed by atoms with Crippen LogP contribution in [0.4, 0.5) is 0 Å². The Morgan fingerprint density at radius 2 is 1.68 bits per heavy atom. The van der Waals surface area contributed by atoms with Gasteiger partial charge in [0.25, 0.3) is 0 Å². The van der Waals surface area contributed by atoms with Crippen molar-refractivity contribution in [3.63, 3.8) is 0 Å². The fraction of sp³-hybridized carbons (Fsp3) is 1.00. The van der Waals surface area contributed by atoms with Crippen molar-refractivity contribution in [2.24, 2.45) is 0 Å². The van der Waals surface area contributed by atoms with E-state index in [4.69, 9.17) is 14.2 Å². The van der Waals surface area contributed by atoms with Gasteiger partial charge in [-0.2, -0.15) is 0 Å². The van der Waals surface area contributed by atoms with Gasteiger partial charge < -0.3 is 24.4 Å². The van der Waals surface area contributed by atoms with Gasteiger partial charge in [0.15, 0.2) is 6.29 Å². The van der Waals surface area contributed by atoms with Gasteiger partial charge in [0.05, 0.1) is 30.0 Å². The van der Waals surface area contributed by atoms with Crippen LogP contribution in [0.3, 0.4) is 0 Å². The molecule has 2 N–H and O–H groups in total. The molecule has 0 bridgehead atoms. The van der Waals surface area contributed by atoms with Crippen LogP contribution in [-0.4, -0.2) is 52.6 Å². The maximum atomic E-state index is 10.2. The van der Waals surface area contributed by atoms with Crippen LogP contribution in [0, 0.1) is 0 Å². The third-order valence-electron chi connectivity index (χ3n) is 4.03. The molecular formula is C14H26O5. The smallest absolute Gasteiger partial charge is 0.161 e. The van der Waals surface area contributed by atoms with E-state index in [0.29, 0.717) is 6.42 Å². The molecule has 2 saturated heterocycles. The van der Waals surface area contributed by atoms with Crippen LogP contribution in [0.1, 0.15) is 47.0 Å². The summed E-state index contributed by atoms with van der Waals surface area (Å²) in [5.41, 5.74) is -1.16. The number of rotatable bonds is 2. The van der Waals surface area contributed by atoms with Crippen LogP contribution in [0.25, 0.3) is 0 Å². The maximum absolute atomic E-state index is 10.2. The lowest BCUT2D eigenvalue weighted by molar-refractivity contribution is -0.290. The highest BCUT2D eigenvalue weighted by Gasteiger charge is 2.44. The van der Waals surface area contributed by atoms with Crippen LogP contribution in [0.5, 0.6) is 0 Å². The summed E-state index contributed by atoms with van der Waals surface area (Å²) in [5, 5.41) is 20.0. The minimum atomic E-state index is -1.16. The molecule has 0 aromatic rings. The predicted octanol–water partition coefficient (Wildman–Crippen LogP) is 1.21. The van der Waals surface area contributed by atoms with Crippen molar-refractivity contribution in [2.75, 3.05) is 0 Å². The summed E-state index contributed by atoms with van der Waals surface area (Å²) in [6.45, 7) is 7.46. The molecular weight excluding hydrogens is 248 g/mol. The van der Waals surface area contributed by atoms with Crippen molar-refractivity contribution in [1.29, 1.82) is 0 Å². The Hall–Kier alpha value is -0.200. The van der Waals surface area contributed by atoms with Gasteiger partial charge in [-0.15, -0.1) is 0 Å². The largest absolute Gasteiger partial charge is 0.387 e. The van der Waals surface area contributed by atoms with Gasteiger partial charge in [0, 0.05) is 6.42 Å². The van der Waals surface area contributed by atoms with E-state index < -0.39 is 24.1 Å². The third-order valence-corrected chi connectivity index (χ3v) is 4.03. The maximum Gasteiger partial charge on any atom is 0.161 e. The molecule has 2 rings (SSSR count). The summed E-state index contributed by atoms with van der Waals surface area (Å²) in [5.74, 6) is 0. The molecule has 0 aromatic heterocycles. The molecule has 2 aliphatic heterocycles. The van der Waals surface area contributed by atoms with Gasteiger partial charge in [0.2, 0.25) is 0 Å². The van der Waals surface area contributed by atoms with Crippen molar-refractivity contribution in [1.82, 2.24) is 0 Å². The number of ether oxygens (including phenoxy) is 3. The molecule has 2 heterocycles. The molecule has 112 valence electrons. The van der Waals surface area contributed by atoms with Crippen molar-refractivity contribution in [3.8, 4) is 0 Å². The van der Waals surface area contributed by atoms with Crippen LogP contribution in [0.2, 0.25) is 0 Å². The summed E-state index contributed by atoms with van der Waals surface area (Å²) in [6, 6.07) is 0. The van der Waals surface area contributed by atoms with E-state index in [1.54, 1.807) is 13.8 Å². The van der Waals surface area contributed by atoms with Crippen molar-refractivity contribution < 1.29 is 24.4 Å². The van der Waals surface area contributed by atoms with E-state index in [-0.39, 0.29) is 18.3 Å². The molecule has 2 fully saturated rings. The Bertz CT molecular complexity index is 296. The average molecular weight is 274 g/mol. The first kappa shape index (κ1) is 15.2. The summed E-state index contributed by atoms with van der Waals surface area (Å²) < 4.78 is 17.3. The molecule has 7 atom stereocenters. The topological polar surface area (TPSA) is 68.2 Å². The number of aliphatic hydroxyl groups excluding tert-OH is 1. The fourth-order valence-electron chi connectivity index (χ4n) is 3.08. The molecule has 0 aliphatic carbocycles. The summed E-state index contributed by atoms with van der Waals surface area (Å²) >= 11 is 0. The Morgan fingerprint density at radius 3 is 2.21 bits per heavy atom. The molecule has 4 unspecified atom stereocenters. The third kappa shape index (κ3) is 3.67. The first-order valence-corrected chi connectivity index (χ1v) is 7.14. The Labute approximate surface area is 114 Å². The van der Waals surface area contributed by atoms with E-state index in [0.717, 1.165) is 12.8 Å². The SMILES string of the molecule is CC1CC(O[C@H]2CC(C)(O)[C@H](O)C(C)O2)C[C@H](C)O1.